The molecule has 7 nitrogen and oxygen atoms in total. The molecule has 0 aliphatic carbocycles. The molecule has 124 valence electrons. The molecule has 4 rings (SSSR count). The third-order valence-electron chi connectivity index (χ3n) is 5.24. The van der Waals surface area contributed by atoms with Crippen molar-refractivity contribution in [1.29, 1.82) is 0 Å². The van der Waals surface area contributed by atoms with Crippen molar-refractivity contribution in [2.75, 3.05) is 42.5 Å². The first kappa shape index (κ1) is 14.7. The third kappa shape index (κ3) is 2.73. The molecule has 0 radical (unpaired) electrons. The molecule has 1 aromatic heterocycles. The molecule has 7 heteroatoms. The van der Waals surface area contributed by atoms with E-state index in [1.54, 1.807) is 6.33 Å². The zero-order chi connectivity index (χ0) is 15.8. The first-order valence-electron chi connectivity index (χ1n) is 8.59. The highest BCUT2D eigenvalue weighted by molar-refractivity contribution is 5.78. The molecule has 3 saturated heterocycles. The fraction of sp³-hybridized carbons (Fsp3) is 0.688. The highest BCUT2D eigenvalue weighted by Gasteiger charge is 2.39. The van der Waals surface area contributed by atoms with Gasteiger partial charge in [0.15, 0.2) is 0 Å². The Morgan fingerprint density at radius 2 is 1.74 bits per heavy atom. The SMILES string of the molecule is N[C@H]1CN(c2cc(N3CCCC3)ncn2)C[C@@H]1N1CCCC1=O. The number of hydrogen-bond donors (Lipinski definition) is 1. The van der Waals surface area contributed by atoms with Gasteiger partial charge >= 0.3 is 0 Å². The Kier molecular flexibility index (Phi) is 3.80. The Labute approximate surface area is 136 Å². The number of nitrogens with zero attached hydrogens (tertiary/aromatic N) is 5. The van der Waals surface area contributed by atoms with Crippen LogP contribution in [-0.2, 0) is 4.79 Å². The van der Waals surface area contributed by atoms with E-state index in [0.29, 0.717) is 6.42 Å². The van der Waals surface area contributed by atoms with Gasteiger partial charge in [0.1, 0.15) is 18.0 Å². The van der Waals surface area contributed by atoms with Crippen LogP contribution in [0, 0.1) is 0 Å². The lowest BCUT2D eigenvalue weighted by Gasteiger charge is -2.26. The van der Waals surface area contributed by atoms with Gasteiger partial charge in [0.25, 0.3) is 0 Å². The van der Waals surface area contributed by atoms with Gasteiger partial charge in [-0.1, -0.05) is 0 Å². The van der Waals surface area contributed by atoms with Crippen molar-refractivity contribution in [3.05, 3.63) is 12.4 Å². The van der Waals surface area contributed by atoms with Gasteiger partial charge < -0.3 is 20.4 Å². The number of aromatic nitrogens is 2. The van der Waals surface area contributed by atoms with Crippen molar-refractivity contribution < 1.29 is 4.79 Å². The first-order chi connectivity index (χ1) is 11.2. The smallest absolute Gasteiger partial charge is 0.223 e. The number of amides is 1. The summed E-state index contributed by atoms with van der Waals surface area (Å²) < 4.78 is 0. The zero-order valence-electron chi connectivity index (χ0n) is 13.4. The maximum absolute atomic E-state index is 12.0. The molecule has 1 amide bonds. The zero-order valence-corrected chi connectivity index (χ0v) is 13.4. The summed E-state index contributed by atoms with van der Waals surface area (Å²) in [4.78, 5) is 27.3. The minimum atomic E-state index is -0.0118. The summed E-state index contributed by atoms with van der Waals surface area (Å²) in [5, 5.41) is 0. The maximum Gasteiger partial charge on any atom is 0.223 e. The van der Waals surface area contributed by atoms with E-state index in [2.05, 4.69) is 25.8 Å². The van der Waals surface area contributed by atoms with E-state index in [4.69, 9.17) is 5.73 Å². The molecule has 2 N–H and O–H groups in total. The summed E-state index contributed by atoms with van der Waals surface area (Å²) in [5.41, 5.74) is 6.32. The standard InChI is InChI=1S/C16H24N6O/c17-12-9-21(10-13(12)22-7-3-4-16(22)23)15-8-14(18-11-19-15)20-5-1-2-6-20/h8,11-13H,1-7,9-10,17H2/t12-,13-/m0/s1. The van der Waals surface area contributed by atoms with E-state index in [9.17, 15) is 4.79 Å². The number of hydrogen-bond acceptors (Lipinski definition) is 6. The maximum atomic E-state index is 12.0. The molecule has 0 spiro atoms. The number of anilines is 2. The van der Waals surface area contributed by atoms with Crippen molar-refractivity contribution in [3.63, 3.8) is 0 Å². The fourth-order valence-corrected chi connectivity index (χ4v) is 3.98. The monoisotopic (exact) mass is 316 g/mol. The lowest BCUT2D eigenvalue weighted by molar-refractivity contribution is -0.129. The second-order valence-corrected chi connectivity index (χ2v) is 6.76. The predicted octanol–water partition coefficient (Wildman–Crippen LogP) is 0.215. The molecule has 4 heterocycles. The molecule has 3 aliphatic rings. The average Bonchev–Trinajstić information content (AvgIpc) is 3.28. The Bertz CT molecular complexity index is 588. The van der Waals surface area contributed by atoms with Crippen molar-refractivity contribution in [1.82, 2.24) is 14.9 Å². The molecule has 1 aromatic rings. The summed E-state index contributed by atoms with van der Waals surface area (Å²) in [6.07, 6.45) is 5.72. The topological polar surface area (TPSA) is 78.6 Å². The summed E-state index contributed by atoms with van der Waals surface area (Å²) in [5.74, 6) is 2.17. The van der Waals surface area contributed by atoms with Crippen LogP contribution >= 0.6 is 0 Å². The number of carbonyl (C=O) groups is 1. The van der Waals surface area contributed by atoms with Crippen LogP contribution in [0.5, 0.6) is 0 Å². The normalized spacial score (nSPS) is 28.2. The van der Waals surface area contributed by atoms with Crippen LogP contribution in [0.15, 0.2) is 12.4 Å². The van der Waals surface area contributed by atoms with Gasteiger partial charge in [0.2, 0.25) is 5.91 Å². The van der Waals surface area contributed by atoms with Crippen molar-refractivity contribution in [3.8, 4) is 0 Å². The van der Waals surface area contributed by atoms with Crippen LogP contribution in [0.25, 0.3) is 0 Å². The number of nitrogens with two attached hydrogens (primary N) is 1. The van der Waals surface area contributed by atoms with Crippen molar-refractivity contribution in [2.24, 2.45) is 5.73 Å². The van der Waals surface area contributed by atoms with Gasteiger partial charge in [0.05, 0.1) is 6.04 Å². The molecule has 0 saturated carbocycles. The Balaban J connectivity index is 1.50. The Morgan fingerprint density at radius 3 is 2.43 bits per heavy atom. The van der Waals surface area contributed by atoms with Crippen LogP contribution in [0.3, 0.4) is 0 Å². The van der Waals surface area contributed by atoms with Gasteiger partial charge in [-0.15, -0.1) is 0 Å². The van der Waals surface area contributed by atoms with Gasteiger partial charge in [-0.2, -0.15) is 0 Å². The minimum absolute atomic E-state index is 0.0118. The van der Waals surface area contributed by atoms with Crippen LogP contribution < -0.4 is 15.5 Å². The second-order valence-electron chi connectivity index (χ2n) is 6.76. The van der Waals surface area contributed by atoms with E-state index in [1.165, 1.54) is 12.8 Å². The molecule has 3 fully saturated rings. The fourth-order valence-electron chi connectivity index (χ4n) is 3.98. The van der Waals surface area contributed by atoms with Crippen LogP contribution in [0.4, 0.5) is 11.6 Å². The lowest BCUT2D eigenvalue weighted by atomic mass is 10.1. The molecular formula is C16H24N6O. The highest BCUT2D eigenvalue weighted by atomic mass is 16.2. The molecule has 23 heavy (non-hydrogen) atoms. The number of carbonyl (C=O) groups excluding carboxylic acids is 1. The quantitative estimate of drug-likeness (QED) is 0.859. The Hall–Kier alpha value is -1.89. The average molecular weight is 316 g/mol. The molecule has 3 aliphatic heterocycles. The summed E-state index contributed by atoms with van der Waals surface area (Å²) in [6, 6.07) is 2.16. The van der Waals surface area contributed by atoms with E-state index in [0.717, 1.165) is 50.8 Å². The van der Waals surface area contributed by atoms with Gasteiger partial charge in [-0.3, -0.25) is 4.79 Å². The lowest BCUT2D eigenvalue weighted by Crippen LogP contribution is -2.47. The molecular weight excluding hydrogens is 292 g/mol. The largest absolute Gasteiger partial charge is 0.356 e. The molecule has 0 aromatic carbocycles. The Morgan fingerprint density at radius 1 is 1.00 bits per heavy atom. The second kappa shape index (κ2) is 5.96. The predicted molar refractivity (Wildman–Crippen MR) is 88.4 cm³/mol. The van der Waals surface area contributed by atoms with Gasteiger partial charge in [-0.05, 0) is 19.3 Å². The van der Waals surface area contributed by atoms with E-state index < -0.39 is 0 Å². The van der Waals surface area contributed by atoms with Crippen LogP contribution in [0.2, 0.25) is 0 Å². The van der Waals surface area contributed by atoms with E-state index in [1.807, 2.05) is 4.90 Å². The molecule has 0 bridgehead atoms. The summed E-state index contributed by atoms with van der Waals surface area (Å²) in [7, 11) is 0. The van der Waals surface area contributed by atoms with Crippen LogP contribution in [-0.4, -0.2) is 65.6 Å². The van der Waals surface area contributed by atoms with Crippen molar-refractivity contribution >= 4 is 17.5 Å². The van der Waals surface area contributed by atoms with E-state index >= 15 is 0 Å². The number of likely N-dealkylation sites (tertiary alicyclic amines) is 1. The summed E-state index contributed by atoms with van der Waals surface area (Å²) in [6.45, 7) is 4.49. The van der Waals surface area contributed by atoms with Crippen molar-refractivity contribution in [2.45, 2.75) is 37.8 Å². The van der Waals surface area contributed by atoms with Gasteiger partial charge in [0, 0.05) is 51.3 Å². The molecule has 0 unspecified atom stereocenters. The molecule has 2 atom stereocenters. The highest BCUT2D eigenvalue weighted by Crippen LogP contribution is 2.26. The summed E-state index contributed by atoms with van der Waals surface area (Å²) >= 11 is 0. The first-order valence-corrected chi connectivity index (χ1v) is 8.59. The third-order valence-corrected chi connectivity index (χ3v) is 5.24. The number of rotatable bonds is 3. The van der Waals surface area contributed by atoms with Gasteiger partial charge in [-0.25, -0.2) is 9.97 Å². The van der Waals surface area contributed by atoms with Crippen LogP contribution in [0.1, 0.15) is 25.7 Å². The minimum Gasteiger partial charge on any atom is -0.356 e. The van der Waals surface area contributed by atoms with E-state index in [-0.39, 0.29) is 18.0 Å².